The molecule has 0 saturated carbocycles. The number of ether oxygens (including phenoxy) is 1. The molecule has 7 heteroatoms. The Morgan fingerprint density at radius 1 is 1.23 bits per heavy atom. The van der Waals surface area contributed by atoms with E-state index in [1.807, 2.05) is 49.9 Å². The lowest BCUT2D eigenvalue weighted by Gasteiger charge is -2.33. The summed E-state index contributed by atoms with van der Waals surface area (Å²) in [4.78, 5) is 27.3. The molecule has 1 saturated heterocycles. The normalized spacial score (nSPS) is 18.6. The molecule has 0 spiro atoms. The molecule has 2 rings (SSSR count). The van der Waals surface area contributed by atoms with Crippen LogP contribution in [0.25, 0.3) is 0 Å². The van der Waals surface area contributed by atoms with E-state index in [9.17, 15) is 9.59 Å². The zero-order chi connectivity index (χ0) is 18.6. The minimum absolute atomic E-state index is 0. The van der Waals surface area contributed by atoms with E-state index in [1.54, 1.807) is 14.2 Å². The highest BCUT2D eigenvalue weighted by Gasteiger charge is 2.39. The molecule has 2 atom stereocenters. The van der Waals surface area contributed by atoms with Gasteiger partial charge in [-0.3, -0.25) is 14.5 Å². The maximum atomic E-state index is 12.7. The van der Waals surface area contributed by atoms with Crippen molar-refractivity contribution in [2.24, 2.45) is 0 Å². The number of methoxy groups -OCH3 is 1. The molecule has 146 valence electrons. The van der Waals surface area contributed by atoms with Crippen molar-refractivity contribution in [2.75, 3.05) is 20.7 Å². The number of nitrogens with one attached hydrogen (secondary N) is 2. The zero-order valence-corrected chi connectivity index (χ0v) is 17.0. The van der Waals surface area contributed by atoms with E-state index in [4.69, 9.17) is 4.74 Å². The second-order valence-corrected chi connectivity index (χ2v) is 7.43. The number of amides is 2. The van der Waals surface area contributed by atoms with E-state index >= 15 is 0 Å². The van der Waals surface area contributed by atoms with Crippen molar-refractivity contribution in [3.05, 3.63) is 29.8 Å². The van der Waals surface area contributed by atoms with Crippen LogP contribution in [0.4, 0.5) is 0 Å². The first-order valence-corrected chi connectivity index (χ1v) is 8.70. The molecule has 1 aromatic carbocycles. The first kappa shape index (κ1) is 22.3. The molecule has 1 aromatic rings. The molecule has 26 heavy (non-hydrogen) atoms. The number of nitrogens with zero attached hydrogens (tertiary/aromatic N) is 1. The standard InChI is InChI=1S/C19H29N3O3.ClH/c1-19(2,3)21-17(23)15-7-6-12-22(15)16(18(24)20-4)13-8-10-14(25-5)11-9-13;/h8-11,15-16H,6-7,12H2,1-5H3,(H,20,24)(H,21,23);1H/t15-,16+;/m0./s1. The number of carbonyl (C=O) groups is 2. The predicted octanol–water partition coefficient (Wildman–Crippen LogP) is 2.28. The van der Waals surface area contributed by atoms with Gasteiger partial charge >= 0.3 is 0 Å². The second-order valence-electron chi connectivity index (χ2n) is 7.43. The van der Waals surface area contributed by atoms with Gasteiger partial charge in [-0.25, -0.2) is 0 Å². The third-order valence-electron chi connectivity index (χ3n) is 4.35. The van der Waals surface area contributed by atoms with Gasteiger partial charge in [0.25, 0.3) is 0 Å². The summed E-state index contributed by atoms with van der Waals surface area (Å²) in [6.07, 6.45) is 1.65. The van der Waals surface area contributed by atoms with Gasteiger partial charge in [-0.05, 0) is 51.3 Å². The molecule has 0 bridgehead atoms. The monoisotopic (exact) mass is 383 g/mol. The van der Waals surface area contributed by atoms with Crippen LogP contribution in [0, 0.1) is 0 Å². The Morgan fingerprint density at radius 3 is 2.35 bits per heavy atom. The van der Waals surface area contributed by atoms with Gasteiger partial charge in [-0.1, -0.05) is 12.1 Å². The van der Waals surface area contributed by atoms with Crippen molar-refractivity contribution in [1.29, 1.82) is 0 Å². The number of likely N-dealkylation sites (tertiary alicyclic amines) is 1. The predicted molar refractivity (Wildman–Crippen MR) is 105 cm³/mol. The molecule has 1 fully saturated rings. The molecule has 0 aromatic heterocycles. The number of halogens is 1. The molecule has 1 aliphatic heterocycles. The van der Waals surface area contributed by atoms with E-state index in [1.165, 1.54) is 0 Å². The number of likely N-dealkylation sites (N-methyl/N-ethyl adjacent to an activating group) is 1. The number of hydrogen-bond donors (Lipinski definition) is 2. The first-order chi connectivity index (χ1) is 11.8. The summed E-state index contributed by atoms with van der Waals surface area (Å²) in [5, 5.41) is 5.77. The number of benzene rings is 1. The van der Waals surface area contributed by atoms with Crippen LogP contribution in [0.3, 0.4) is 0 Å². The molecule has 0 radical (unpaired) electrons. The molecule has 2 amide bonds. The van der Waals surface area contributed by atoms with Gasteiger partial charge < -0.3 is 15.4 Å². The lowest BCUT2D eigenvalue weighted by Crippen LogP contribution is -2.52. The summed E-state index contributed by atoms with van der Waals surface area (Å²) in [5.74, 6) is 0.607. The Kier molecular flexibility index (Phi) is 7.90. The Morgan fingerprint density at radius 2 is 1.85 bits per heavy atom. The summed E-state index contributed by atoms with van der Waals surface area (Å²) >= 11 is 0. The van der Waals surface area contributed by atoms with Crippen molar-refractivity contribution in [1.82, 2.24) is 15.5 Å². The van der Waals surface area contributed by atoms with Crippen LogP contribution >= 0.6 is 12.4 Å². The third kappa shape index (κ3) is 5.35. The zero-order valence-electron chi connectivity index (χ0n) is 16.2. The van der Waals surface area contributed by atoms with E-state index in [-0.39, 0.29) is 35.8 Å². The maximum absolute atomic E-state index is 12.7. The topological polar surface area (TPSA) is 70.7 Å². The van der Waals surface area contributed by atoms with Gasteiger partial charge in [-0.2, -0.15) is 0 Å². The summed E-state index contributed by atoms with van der Waals surface area (Å²) in [6.45, 7) is 6.60. The van der Waals surface area contributed by atoms with Crippen LogP contribution in [0.5, 0.6) is 5.75 Å². The van der Waals surface area contributed by atoms with Crippen LogP contribution < -0.4 is 15.4 Å². The Hall–Kier alpha value is -1.79. The molecule has 1 heterocycles. The van der Waals surface area contributed by atoms with Crippen LogP contribution in [-0.4, -0.2) is 49.0 Å². The Bertz CT molecular complexity index is 613. The van der Waals surface area contributed by atoms with E-state index in [0.717, 1.165) is 24.2 Å². The molecular formula is C19H30ClN3O3. The molecule has 2 N–H and O–H groups in total. The van der Waals surface area contributed by atoms with Crippen LogP contribution in [0.15, 0.2) is 24.3 Å². The van der Waals surface area contributed by atoms with Gasteiger partial charge in [0.1, 0.15) is 11.8 Å². The van der Waals surface area contributed by atoms with E-state index in [2.05, 4.69) is 10.6 Å². The van der Waals surface area contributed by atoms with Crippen LogP contribution in [0.2, 0.25) is 0 Å². The number of carbonyl (C=O) groups excluding carboxylic acids is 2. The number of hydrogen-bond acceptors (Lipinski definition) is 4. The van der Waals surface area contributed by atoms with Gasteiger partial charge in [0.05, 0.1) is 13.2 Å². The SMILES string of the molecule is CNC(=O)[C@@H](c1ccc(OC)cc1)N1CCC[C@H]1C(=O)NC(C)(C)C.Cl. The summed E-state index contributed by atoms with van der Waals surface area (Å²) in [6, 6.07) is 6.65. The molecule has 1 aliphatic rings. The fourth-order valence-electron chi connectivity index (χ4n) is 3.25. The molecular weight excluding hydrogens is 354 g/mol. The van der Waals surface area contributed by atoms with Gasteiger partial charge in [0.15, 0.2) is 0 Å². The first-order valence-electron chi connectivity index (χ1n) is 8.70. The minimum Gasteiger partial charge on any atom is -0.497 e. The average Bonchev–Trinajstić information content (AvgIpc) is 3.03. The highest BCUT2D eigenvalue weighted by molar-refractivity contribution is 5.86. The van der Waals surface area contributed by atoms with Crippen LogP contribution in [-0.2, 0) is 9.59 Å². The van der Waals surface area contributed by atoms with Crippen molar-refractivity contribution in [3.63, 3.8) is 0 Å². The lowest BCUT2D eigenvalue weighted by molar-refractivity contribution is -0.131. The highest BCUT2D eigenvalue weighted by atomic mass is 35.5. The van der Waals surface area contributed by atoms with Gasteiger partial charge in [-0.15, -0.1) is 12.4 Å². The average molecular weight is 384 g/mol. The van der Waals surface area contributed by atoms with Crippen molar-refractivity contribution >= 4 is 24.2 Å². The quantitative estimate of drug-likeness (QED) is 0.818. The van der Waals surface area contributed by atoms with Gasteiger partial charge in [0.2, 0.25) is 11.8 Å². The van der Waals surface area contributed by atoms with E-state index < -0.39 is 6.04 Å². The highest BCUT2D eigenvalue weighted by Crippen LogP contribution is 2.31. The number of rotatable bonds is 5. The van der Waals surface area contributed by atoms with Crippen molar-refractivity contribution < 1.29 is 14.3 Å². The van der Waals surface area contributed by atoms with Crippen molar-refractivity contribution in [2.45, 2.75) is 51.2 Å². The summed E-state index contributed by atoms with van der Waals surface area (Å²) in [7, 11) is 3.23. The summed E-state index contributed by atoms with van der Waals surface area (Å²) in [5.41, 5.74) is 0.559. The lowest BCUT2D eigenvalue weighted by atomic mass is 10.0. The third-order valence-corrected chi connectivity index (χ3v) is 4.35. The smallest absolute Gasteiger partial charge is 0.241 e. The van der Waals surface area contributed by atoms with Gasteiger partial charge in [0, 0.05) is 19.1 Å². The van der Waals surface area contributed by atoms with E-state index in [0.29, 0.717) is 6.54 Å². The Labute approximate surface area is 162 Å². The van der Waals surface area contributed by atoms with Crippen molar-refractivity contribution in [3.8, 4) is 5.75 Å². The second kappa shape index (κ2) is 9.24. The largest absolute Gasteiger partial charge is 0.497 e. The molecule has 6 nitrogen and oxygen atoms in total. The fourth-order valence-corrected chi connectivity index (χ4v) is 3.25. The molecule has 0 aliphatic carbocycles. The molecule has 0 unspecified atom stereocenters. The summed E-state index contributed by atoms with van der Waals surface area (Å²) < 4.78 is 5.20. The van der Waals surface area contributed by atoms with Crippen LogP contribution in [0.1, 0.15) is 45.2 Å². The fraction of sp³-hybridized carbons (Fsp3) is 0.579. The minimum atomic E-state index is -0.492. The maximum Gasteiger partial charge on any atom is 0.241 e. The Balaban J connectivity index is 0.00000338.